The van der Waals surface area contributed by atoms with Crippen LogP contribution in [0.1, 0.15) is 99.2 Å². The van der Waals surface area contributed by atoms with Gasteiger partial charge in [-0.05, 0) is 52.8 Å². The Kier molecular flexibility index (Phi) is 13.9. The largest absolute Gasteiger partial charge is 1.00 e. The number of aromatic carboxylic acids is 2. The molecule has 6 nitrogen and oxygen atoms in total. The van der Waals surface area contributed by atoms with Gasteiger partial charge in [-0.3, -0.25) is 0 Å². The summed E-state index contributed by atoms with van der Waals surface area (Å²) >= 11 is 0. The molecule has 0 heterocycles. The molecule has 0 aromatic heterocycles. The van der Waals surface area contributed by atoms with E-state index in [-0.39, 0.29) is 92.2 Å². The van der Waals surface area contributed by atoms with Crippen molar-refractivity contribution < 1.29 is 89.1 Å². The van der Waals surface area contributed by atoms with E-state index in [0.29, 0.717) is 5.56 Å². The van der Waals surface area contributed by atoms with Crippen molar-refractivity contribution in [1.29, 1.82) is 0 Å². The Hall–Kier alpha value is -1.02. The van der Waals surface area contributed by atoms with Crippen molar-refractivity contribution in [3.63, 3.8) is 0 Å². The van der Waals surface area contributed by atoms with E-state index in [1.54, 1.807) is 19.1 Å². The van der Waals surface area contributed by atoms with Crippen molar-refractivity contribution in [1.82, 2.24) is 0 Å². The number of carbonyl (C=O) groups is 2. The second-order valence-corrected chi connectivity index (χ2v) is 11.4. The molecule has 0 aliphatic rings. The van der Waals surface area contributed by atoms with Crippen molar-refractivity contribution in [3.05, 3.63) is 58.1 Å². The Labute approximate surface area is 253 Å². The molecule has 0 bridgehead atoms. The van der Waals surface area contributed by atoms with Gasteiger partial charge in [-0.15, -0.1) is 0 Å². The van der Waals surface area contributed by atoms with Crippen LogP contribution in [0.3, 0.4) is 0 Å². The second-order valence-electron chi connectivity index (χ2n) is 11.4. The Morgan fingerprint density at radius 3 is 1.69 bits per heavy atom. The SMILES string of the molecule is CC(C)(C)CC(C)(C)c1ccc([O-])c(C(=O)O)c1.Cc1cc(C(=O)O)c([O-])c(C(C)(C)C)c1.[Na+].[Na+]. The summed E-state index contributed by atoms with van der Waals surface area (Å²) in [7, 11) is 0. The molecule has 0 radical (unpaired) electrons. The summed E-state index contributed by atoms with van der Waals surface area (Å²) in [5, 5.41) is 41.1. The molecule has 35 heavy (non-hydrogen) atoms. The molecule has 2 aromatic rings. The molecular weight excluding hydrogens is 466 g/mol. The van der Waals surface area contributed by atoms with Gasteiger partial charge in [0.15, 0.2) is 0 Å². The minimum atomic E-state index is -1.16. The number of hydrogen-bond acceptors (Lipinski definition) is 4. The second kappa shape index (κ2) is 13.5. The molecule has 0 fully saturated rings. The van der Waals surface area contributed by atoms with Crippen LogP contribution in [0, 0.1) is 12.3 Å². The zero-order chi connectivity index (χ0) is 25.9. The normalized spacial score (nSPS) is 11.3. The Bertz CT molecular complexity index is 1030. The fraction of sp³-hybridized carbons (Fsp3) is 0.481. The minimum absolute atomic E-state index is 0. The van der Waals surface area contributed by atoms with Crippen LogP contribution in [0.25, 0.3) is 0 Å². The van der Waals surface area contributed by atoms with Crippen LogP contribution in [0.5, 0.6) is 11.5 Å². The third-order valence-corrected chi connectivity index (χ3v) is 5.24. The monoisotopic (exact) mass is 502 g/mol. The number of aryl methyl sites for hydroxylation is 1. The third-order valence-electron chi connectivity index (χ3n) is 5.24. The molecule has 0 unspecified atom stereocenters. The van der Waals surface area contributed by atoms with E-state index in [9.17, 15) is 19.8 Å². The van der Waals surface area contributed by atoms with Crippen molar-refractivity contribution in [3.8, 4) is 11.5 Å². The van der Waals surface area contributed by atoms with Gasteiger partial charge in [-0.2, -0.15) is 0 Å². The molecule has 2 aromatic carbocycles. The summed E-state index contributed by atoms with van der Waals surface area (Å²) in [5.74, 6) is -3.12. The van der Waals surface area contributed by atoms with Gasteiger partial charge < -0.3 is 20.4 Å². The van der Waals surface area contributed by atoms with Crippen LogP contribution in [0.4, 0.5) is 0 Å². The molecule has 0 atom stereocenters. The molecule has 0 amide bonds. The Balaban J connectivity index is 0. The van der Waals surface area contributed by atoms with Crippen LogP contribution < -0.4 is 69.3 Å². The number of rotatable bonds is 4. The summed E-state index contributed by atoms with van der Waals surface area (Å²) < 4.78 is 0. The zero-order valence-corrected chi connectivity index (χ0v) is 27.1. The summed E-state index contributed by atoms with van der Waals surface area (Å²) in [6.45, 7) is 18.1. The Morgan fingerprint density at radius 2 is 1.29 bits per heavy atom. The van der Waals surface area contributed by atoms with E-state index in [4.69, 9.17) is 10.2 Å². The van der Waals surface area contributed by atoms with Gasteiger partial charge in [0.25, 0.3) is 0 Å². The van der Waals surface area contributed by atoms with Gasteiger partial charge >= 0.3 is 71.1 Å². The quantitative estimate of drug-likeness (QED) is 0.531. The first-order valence-electron chi connectivity index (χ1n) is 10.9. The predicted octanol–water partition coefficient (Wildman–Crippen LogP) is -0.755. The fourth-order valence-electron chi connectivity index (χ4n) is 4.04. The molecule has 0 aliphatic heterocycles. The third kappa shape index (κ3) is 10.9. The maximum Gasteiger partial charge on any atom is 1.00 e. The molecule has 0 spiro atoms. The molecule has 182 valence electrons. The first-order chi connectivity index (χ1) is 14.8. The van der Waals surface area contributed by atoms with Gasteiger partial charge in [0, 0.05) is 0 Å². The van der Waals surface area contributed by atoms with Gasteiger partial charge in [0.2, 0.25) is 0 Å². The topological polar surface area (TPSA) is 121 Å². The average Bonchev–Trinajstić information content (AvgIpc) is 2.60. The van der Waals surface area contributed by atoms with Crippen LogP contribution in [0.15, 0.2) is 30.3 Å². The first-order valence-corrected chi connectivity index (χ1v) is 10.9. The van der Waals surface area contributed by atoms with E-state index in [1.807, 2.05) is 20.8 Å². The molecular formula is C27H36Na2O6. The summed E-state index contributed by atoms with van der Waals surface area (Å²) in [4.78, 5) is 21.8. The van der Waals surface area contributed by atoms with E-state index in [0.717, 1.165) is 17.5 Å². The van der Waals surface area contributed by atoms with Crippen molar-refractivity contribution in [2.24, 2.45) is 5.41 Å². The van der Waals surface area contributed by atoms with Crippen molar-refractivity contribution in [2.75, 3.05) is 0 Å². The van der Waals surface area contributed by atoms with Gasteiger partial charge in [0.1, 0.15) is 0 Å². The first kappa shape index (κ1) is 36.1. The minimum Gasteiger partial charge on any atom is -0.872 e. The number of hydrogen-bond donors (Lipinski definition) is 2. The summed E-state index contributed by atoms with van der Waals surface area (Å²) in [6.07, 6.45) is 0.914. The molecule has 0 aliphatic carbocycles. The molecule has 2 rings (SSSR count). The molecule has 8 heteroatoms. The predicted molar refractivity (Wildman–Crippen MR) is 126 cm³/mol. The van der Waals surface area contributed by atoms with Gasteiger partial charge in [-0.25, -0.2) is 9.59 Å². The van der Waals surface area contributed by atoms with E-state index < -0.39 is 17.7 Å². The van der Waals surface area contributed by atoms with Gasteiger partial charge in [-0.1, -0.05) is 90.7 Å². The van der Waals surface area contributed by atoms with Crippen molar-refractivity contribution in [2.45, 2.75) is 79.6 Å². The van der Waals surface area contributed by atoms with E-state index >= 15 is 0 Å². The molecule has 0 saturated carbocycles. The van der Waals surface area contributed by atoms with Crippen LogP contribution in [-0.2, 0) is 10.8 Å². The molecule has 2 N–H and O–H groups in total. The number of benzene rings is 2. The molecule has 0 saturated heterocycles. The Morgan fingerprint density at radius 1 is 0.800 bits per heavy atom. The van der Waals surface area contributed by atoms with Crippen LogP contribution >= 0.6 is 0 Å². The average molecular weight is 503 g/mol. The standard InChI is InChI=1S/C15H22O3.C12H16O3.2Na/c1-14(2,3)9-15(4,5)10-6-7-12(16)11(8-10)13(17)18;1-7-5-8(11(14)15)10(13)9(6-7)12(2,3)4;;/h6-8,16H,9H2,1-5H3,(H,17,18);5-6,13H,1-4H3,(H,14,15);;/q;;2*+1/p-2. The van der Waals surface area contributed by atoms with Crippen LogP contribution in [0.2, 0.25) is 0 Å². The number of carboxylic acids is 2. The summed E-state index contributed by atoms with van der Waals surface area (Å²) in [5.41, 5.74) is 1.63. The number of carboxylic acid groups (broad SMARTS) is 2. The summed E-state index contributed by atoms with van der Waals surface area (Å²) in [6, 6.07) is 7.77. The van der Waals surface area contributed by atoms with Gasteiger partial charge in [0.05, 0.1) is 11.1 Å². The smallest absolute Gasteiger partial charge is 0.872 e. The zero-order valence-electron chi connectivity index (χ0n) is 23.1. The maximum atomic E-state index is 11.8. The van der Waals surface area contributed by atoms with Crippen LogP contribution in [-0.4, -0.2) is 22.2 Å². The van der Waals surface area contributed by atoms with Crippen molar-refractivity contribution >= 4 is 11.9 Å². The fourth-order valence-corrected chi connectivity index (χ4v) is 4.04. The van der Waals surface area contributed by atoms with E-state index in [1.165, 1.54) is 18.2 Å². The van der Waals surface area contributed by atoms with E-state index in [2.05, 4.69) is 34.6 Å². The maximum absolute atomic E-state index is 11.8.